The fourth-order valence-corrected chi connectivity index (χ4v) is 2.26. The van der Waals surface area contributed by atoms with Crippen LogP contribution in [0.1, 0.15) is 23.3 Å². The smallest absolute Gasteiger partial charge is 0.258 e. The highest BCUT2D eigenvalue weighted by Gasteiger charge is 2.15. The first-order chi connectivity index (χ1) is 12.5. The largest absolute Gasteiger partial charge is 0.324 e. The Morgan fingerprint density at radius 2 is 1.69 bits per heavy atom. The fourth-order valence-electron chi connectivity index (χ4n) is 2.26. The number of nitrogens with zero attached hydrogens (tertiary/aromatic N) is 3. The molecule has 3 aromatic rings. The average Bonchev–Trinajstić information content (AvgIpc) is 3.17. The van der Waals surface area contributed by atoms with E-state index >= 15 is 0 Å². The molecule has 0 aliphatic carbocycles. The van der Waals surface area contributed by atoms with Crippen molar-refractivity contribution < 1.29 is 14.0 Å². The lowest BCUT2D eigenvalue weighted by Crippen LogP contribution is -2.24. The van der Waals surface area contributed by atoms with E-state index in [2.05, 4.69) is 20.7 Å². The number of nitrogens with one attached hydrogen (secondary N) is 2. The summed E-state index contributed by atoms with van der Waals surface area (Å²) in [6.07, 6.45) is 2.82. The minimum Gasteiger partial charge on any atom is -0.324 e. The van der Waals surface area contributed by atoms with Crippen LogP contribution in [0.2, 0.25) is 0 Å². The molecular weight excluding hydrogens is 337 g/mol. The Bertz CT molecular complexity index is 910. The third kappa shape index (κ3) is 3.92. The van der Waals surface area contributed by atoms with Gasteiger partial charge >= 0.3 is 0 Å². The first kappa shape index (κ1) is 17.3. The summed E-state index contributed by atoms with van der Waals surface area (Å²) in [7, 11) is 0. The Morgan fingerprint density at radius 3 is 2.31 bits per heavy atom. The second-order valence-electron chi connectivity index (χ2n) is 5.55. The molecule has 0 fully saturated rings. The zero-order valence-corrected chi connectivity index (χ0v) is 13.9. The van der Waals surface area contributed by atoms with Crippen molar-refractivity contribution in [2.75, 3.05) is 10.6 Å². The van der Waals surface area contributed by atoms with Gasteiger partial charge in [-0.15, -0.1) is 0 Å². The Labute approximate surface area is 148 Å². The molecule has 2 amide bonds. The van der Waals surface area contributed by atoms with Crippen molar-refractivity contribution in [2.24, 2.45) is 0 Å². The predicted molar refractivity (Wildman–Crippen MR) is 94.2 cm³/mol. The van der Waals surface area contributed by atoms with Crippen LogP contribution in [0.3, 0.4) is 0 Å². The van der Waals surface area contributed by atoms with Crippen molar-refractivity contribution >= 4 is 23.2 Å². The highest BCUT2D eigenvalue weighted by Crippen LogP contribution is 2.17. The van der Waals surface area contributed by atoms with Crippen molar-refractivity contribution in [3.05, 3.63) is 72.6 Å². The van der Waals surface area contributed by atoms with Gasteiger partial charge in [0.05, 0.1) is 5.56 Å². The summed E-state index contributed by atoms with van der Waals surface area (Å²) in [5, 5.41) is 9.29. The SMILES string of the molecule is CC(C(=O)Nc1ccc(NC(=O)c2ccccc2F)cc1)n1cncn1. The fraction of sp³-hybridized carbons (Fsp3) is 0.111. The van der Waals surface area contributed by atoms with E-state index in [1.165, 1.54) is 35.5 Å². The van der Waals surface area contributed by atoms with Crippen LogP contribution in [0, 0.1) is 5.82 Å². The Kier molecular flexibility index (Phi) is 5.02. The summed E-state index contributed by atoms with van der Waals surface area (Å²) in [5.74, 6) is -1.38. The second-order valence-corrected chi connectivity index (χ2v) is 5.55. The normalized spacial score (nSPS) is 11.6. The maximum absolute atomic E-state index is 13.6. The third-order valence-electron chi connectivity index (χ3n) is 3.74. The van der Waals surface area contributed by atoms with Gasteiger partial charge in [-0.1, -0.05) is 12.1 Å². The van der Waals surface area contributed by atoms with Gasteiger partial charge in [0.2, 0.25) is 5.91 Å². The number of carbonyl (C=O) groups excluding carboxylic acids is 2. The molecule has 3 rings (SSSR count). The Balaban J connectivity index is 1.62. The number of hydrogen-bond donors (Lipinski definition) is 2. The molecule has 1 aromatic heterocycles. The molecule has 0 bridgehead atoms. The summed E-state index contributed by atoms with van der Waals surface area (Å²) in [5.41, 5.74) is 1.01. The van der Waals surface area contributed by atoms with Crippen molar-refractivity contribution in [2.45, 2.75) is 13.0 Å². The molecule has 1 unspecified atom stereocenters. The number of anilines is 2. The van der Waals surface area contributed by atoms with E-state index < -0.39 is 17.8 Å². The number of carbonyl (C=O) groups is 2. The van der Waals surface area contributed by atoms with E-state index in [0.29, 0.717) is 11.4 Å². The maximum atomic E-state index is 13.6. The molecule has 2 aromatic carbocycles. The lowest BCUT2D eigenvalue weighted by Gasteiger charge is -2.12. The molecule has 2 N–H and O–H groups in total. The zero-order chi connectivity index (χ0) is 18.5. The zero-order valence-electron chi connectivity index (χ0n) is 13.9. The van der Waals surface area contributed by atoms with Crippen LogP contribution in [-0.2, 0) is 4.79 Å². The van der Waals surface area contributed by atoms with E-state index in [0.717, 1.165) is 0 Å². The van der Waals surface area contributed by atoms with E-state index in [-0.39, 0.29) is 11.5 Å². The van der Waals surface area contributed by atoms with E-state index in [1.54, 1.807) is 37.3 Å². The number of hydrogen-bond acceptors (Lipinski definition) is 4. The number of benzene rings is 2. The first-order valence-corrected chi connectivity index (χ1v) is 7.85. The molecule has 1 atom stereocenters. The van der Waals surface area contributed by atoms with Gasteiger partial charge in [0.25, 0.3) is 5.91 Å². The van der Waals surface area contributed by atoms with Crippen molar-refractivity contribution in [1.29, 1.82) is 0 Å². The maximum Gasteiger partial charge on any atom is 0.258 e. The lowest BCUT2D eigenvalue weighted by molar-refractivity contribution is -0.119. The van der Waals surface area contributed by atoms with Gasteiger partial charge in [0.1, 0.15) is 24.5 Å². The second kappa shape index (κ2) is 7.56. The van der Waals surface area contributed by atoms with Crippen LogP contribution in [0.25, 0.3) is 0 Å². The molecule has 7 nitrogen and oxygen atoms in total. The molecule has 0 radical (unpaired) electrons. The number of rotatable bonds is 5. The predicted octanol–water partition coefficient (Wildman–Crippen LogP) is 2.87. The van der Waals surface area contributed by atoms with Crippen LogP contribution in [-0.4, -0.2) is 26.6 Å². The summed E-state index contributed by atoms with van der Waals surface area (Å²) < 4.78 is 15.1. The van der Waals surface area contributed by atoms with Gasteiger partial charge < -0.3 is 10.6 Å². The third-order valence-corrected chi connectivity index (χ3v) is 3.74. The quantitative estimate of drug-likeness (QED) is 0.738. The first-order valence-electron chi connectivity index (χ1n) is 7.85. The molecule has 0 aliphatic heterocycles. The van der Waals surface area contributed by atoms with Crippen LogP contribution in [0.5, 0.6) is 0 Å². The molecule has 0 saturated carbocycles. The van der Waals surface area contributed by atoms with E-state index in [4.69, 9.17) is 0 Å². The standard InChI is InChI=1S/C18H16FN5O2/c1-12(24-11-20-10-21-24)17(25)22-13-6-8-14(9-7-13)23-18(26)15-4-2-3-5-16(15)19/h2-12H,1H3,(H,22,25)(H,23,26). The topological polar surface area (TPSA) is 88.9 Å². The van der Waals surface area contributed by atoms with Crippen LogP contribution in [0.15, 0.2) is 61.2 Å². The van der Waals surface area contributed by atoms with Gasteiger partial charge in [-0.2, -0.15) is 5.10 Å². The molecule has 26 heavy (non-hydrogen) atoms. The molecule has 0 spiro atoms. The van der Waals surface area contributed by atoms with Gasteiger partial charge in [0, 0.05) is 11.4 Å². The summed E-state index contributed by atoms with van der Waals surface area (Å²) >= 11 is 0. The molecular formula is C18H16FN5O2. The lowest BCUT2D eigenvalue weighted by atomic mass is 10.2. The van der Waals surface area contributed by atoms with Crippen molar-refractivity contribution in [1.82, 2.24) is 14.8 Å². The minimum atomic E-state index is -0.587. The monoisotopic (exact) mass is 353 g/mol. The van der Waals surface area contributed by atoms with Crippen LogP contribution >= 0.6 is 0 Å². The van der Waals surface area contributed by atoms with Gasteiger partial charge in [-0.3, -0.25) is 9.59 Å². The number of amides is 2. The van der Waals surface area contributed by atoms with Gasteiger partial charge in [-0.25, -0.2) is 14.1 Å². The molecule has 8 heteroatoms. The summed E-state index contributed by atoms with van der Waals surface area (Å²) in [6.45, 7) is 1.70. The molecule has 0 saturated heterocycles. The Hall–Kier alpha value is -3.55. The highest BCUT2D eigenvalue weighted by atomic mass is 19.1. The highest BCUT2D eigenvalue weighted by molar-refractivity contribution is 6.04. The minimum absolute atomic E-state index is 0.0356. The molecule has 1 heterocycles. The number of halogens is 1. The number of aromatic nitrogens is 3. The van der Waals surface area contributed by atoms with Crippen molar-refractivity contribution in [3.63, 3.8) is 0 Å². The van der Waals surface area contributed by atoms with E-state index in [1.807, 2.05) is 0 Å². The molecule has 0 aliphatic rings. The summed E-state index contributed by atoms with van der Waals surface area (Å²) in [4.78, 5) is 28.1. The Morgan fingerprint density at radius 1 is 1.04 bits per heavy atom. The van der Waals surface area contributed by atoms with Gasteiger partial charge in [0.15, 0.2) is 0 Å². The summed E-state index contributed by atoms with van der Waals surface area (Å²) in [6, 6.07) is 11.7. The van der Waals surface area contributed by atoms with E-state index in [9.17, 15) is 14.0 Å². The molecule has 132 valence electrons. The van der Waals surface area contributed by atoms with Crippen molar-refractivity contribution in [3.8, 4) is 0 Å². The van der Waals surface area contributed by atoms with Crippen LogP contribution in [0.4, 0.5) is 15.8 Å². The van der Waals surface area contributed by atoms with Crippen LogP contribution < -0.4 is 10.6 Å². The average molecular weight is 353 g/mol. The van der Waals surface area contributed by atoms with Gasteiger partial charge in [-0.05, 0) is 43.3 Å².